The molecule has 0 saturated carbocycles. The minimum absolute atomic E-state index is 0.141. The molecule has 0 radical (unpaired) electrons. The first-order valence-corrected chi connectivity index (χ1v) is 10.5. The zero-order valence-electron chi connectivity index (χ0n) is 18.2. The summed E-state index contributed by atoms with van der Waals surface area (Å²) in [6.45, 7) is 1.77. The van der Waals surface area contributed by atoms with Gasteiger partial charge in [0.2, 0.25) is 0 Å². The fraction of sp³-hybridized carbons (Fsp3) is 0.167. The van der Waals surface area contributed by atoms with Crippen LogP contribution in [0.25, 0.3) is 22.6 Å². The lowest BCUT2D eigenvalue weighted by Gasteiger charge is -2.15. The predicted octanol–water partition coefficient (Wildman–Crippen LogP) is 4.84. The molecule has 2 heterocycles. The first-order valence-electron chi connectivity index (χ1n) is 10.1. The number of hydrogen-bond donors (Lipinski definition) is 1. The van der Waals surface area contributed by atoms with Crippen LogP contribution in [-0.4, -0.2) is 32.8 Å². The third kappa shape index (κ3) is 5.01. The Labute approximate surface area is 195 Å². The van der Waals surface area contributed by atoms with Crippen molar-refractivity contribution in [2.24, 2.45) is 7.05 Å². The highest BCUT2D eigenvalue weighted by molar-refractivity contribution is 6.30. The highest BCUT2D eigenvalue weighted by Crippen LogP contribution is 2.25. The van der Waals surface area contributed by atoms with Crippen molar-refractivity contribution < 1.29 is 13.9 Å². The SMILES string of the molecule is COc1ccc([C@H](C)NC(=O)c2cc(-c3ccc(Cl)cc3)nc(-c3cnn(C)c3)n2)cc1F. The number of carbonyl (C=O) groups excluding carboxylic acids is 1. The lowest BCUT2D eigenvalue weighted by molar-refractivity contribution is 0.0934. The van der Waals surface area contributed by atoms with Gasteiger partial charge in [0.25, 0.3) is 5.91 Å². The summed E-state index contributed by atoms with van der Waals surface area (Å²) in [5.74, 6) is -0.408. The summed E-state index contributed by atoms with van der Waals surface area (Å²) >= 11 is 6.01. The average Bonchev–Trinajstić information content (AvgIpc) is 3.25. The van der Waals surface area contributed by atoms with E-state index in [4.69, 9.17) is 16.3 Å². The van der Waals surface area contributed by atoms with Crippen LogP contribution in [0.5, 0.6) is 5.75 Å². The monoisotopic (exact) mass is 465 g/mol. The van der Waals surface area contributed by atoms with Gasteiger partial charge in [-0.3, -0.25) is 9.48 Å². The second kappa shape index (κ2) is 9.38. The summed E-state index contributed by atoms with van der Waals surface area (Å²) in [5.41, 5.74) is 2.79. The molecule has 0 saturated heterocycles. The van der Waals surface area contributed by atoms with Gasteiger partial charge in [0, 0.05) is 23.8 Å². The summed E-state index contributed by atoms with van der Waals surface area (Å²) in [4.78, 5) is 22.2. The van der Waals surface area contributed by atoms with Crippen molar-refractivity contribution in [2.75, 3.05) is 7.11 Å². The van der Waals surface area contributed by atoms with Crippen molar-refractivity contribution >= 4 is 17.5 Å². The standard InChI is InChI=1S/C24H21ClFN5O2/c1-14(16-6-9-22(33-3)19(26)10-16)28-24(32)21-11-20(15-4-7-18(25)8-5-15)29-23(30-21)17-12-27-31(2)13-17/h4-14H,1-3H3,(H,28,32)/t14-/m0/s1. The number of halogens is 2. The van der Waals surface area contributed by atoms with Crippen LogP contribution >= 0.6 is 11.6 Å². The third-order valence-corrected chi connectivity index (χ3v) is 5.34. The Morgan fingerprint density at radius 1 is 1.12 bits per heavy atom. The topological polar surface area (TPSA) is 81.9 Å². The summed E-state index contributed by atoms with van der Waals surface area (Å²) in [6, 6.07) is 12.9. The van der Waals surface area contributed by atoms with Gasteiger partial charge >= 0.3 is 0 Å². The minimum atomic E-state index is -0.498. The fourth-order valence-corrected chi connectivity index (χ4v) is 3.43. The maximum atomic E-state index is 14.1. The first-order chi connectivity index (χ1) is 15.8. The molecule has 4 rings (SSSR count). The number of ether oxygens (including phenoxy) is 1. The molecule has 0 aliphatic heterocycles. The van der Waals surface area contributed by atoms with Gasteiger partial charge in [-0.25, -0.2) is 14.4 Å². The van der Waals surface area contributed by atoms with Crippen molar-refractivity contribution in [2.45, 2.75) is 13.0 Å². The van der Waals surface area contributed by atoms with E-state index in [2.05, 4.69) is 20.4 Å². The number of hydrogen-bond acceptors (Lipinski definition) is 5. The molecular weight excluding hydrogens is 445 g/mol. The molecule has 4 aromatic rings. The van der Waals surface area contributed by atoms with E-state index >= 15 is 0 Å². The highest BCUT2D eigenvalue weighted by Gasteiger charge is 2.18. The Hall–Kier alpha value is -3.78. The molecule has 7 nitrogen and oxygen atoms in total. The quantitative estimate of drug-likeness (QED) is 0.440. The van der Waals surface area contributed by atoms with Gasteiger partial charge in [-0.1, -0.05) is 29.8 Å². The zero-order chi connectivity index (χ0) is 23.5. The summed E-state index contributed by atoms with van der Waals surface area (Å²) in [6.07, 6.45) is 3.40. The fourth-order valence-electron chi connectivity index (χ4n) is 3.30. The molecule has 0 aliphatic carbocycles. The van der Waals surface area contributed by atoms with E-state index in [0.717, 1.165) is 5.56 Å². The van der Waals surface area contributed by atoms with Crippen molar-refractivity contribution in [3.05, 3.63) is 83.0 Å². The van der Waals surface area contributed by atoms with Crippen LogP contribution in [0.15, 0.2) is 60.9 Å². The number of nitrogens with one attached hydrogen (secondary N) is 1. The molecule has 1 atom stereocenters. The van der Waals surface area contributed by atoms with Crippen molar-refractivity contribution in [3.63, 3.8) is 0 Å². The Morgan fingerprint density at radius 3 is 2.52 bits per heavy atom. The molecule has 1 amide bonds. The van der Waals surface area contributed by atoms with Crippen LogP contribution in [0.2, 0.25) is 5.02 Å². The number of aryl methyl sites for hydroxylation is 1. The normalized spacial score (nSPS) is 11.8. The Bertz CT molecular complexity index is 1310. The molecule has 0 bridgehead atoms. The molecular formula is C24H21ClFN5O2. The molecule has 33 heavy (non-hydrogen) atoms. The van der Waals surface area contributed by atoms with Crippen LogP contribution in [-0.2, 0) is 7.05 Å². The molecule has 0 fully saturated rings. The number of amides is 1. The van der Waals surface area contributed by atoms with E-state index in [1.165, 1.54) is 19.2 Å². The molecule has 1 N–H and O–H groups in total. The summed E-state index contributed by atoms with van der Waals surface area (Å²) in [7, 11) is 3.19. The molecule has 2 aromatic heterocycles. The number of nitrogens with zero attached hydrogens (tertiary/aromatic N) is 4. The Balaban J connectivity index is 1.68. The number of methoxy groups -OCH3 is 1. The van der Waals surface area contributed by atoms with Crippen LogP contribution in [0, 0.1) is 5.82 Å². The lowest BCUT2D eigenvalue weighted by Crippen LogP contribution is -2.27. The number of rotatable bonds is 6. The lowest BCUT2D eigenvalue weighted by atomic mass is 10.1. The van der Waals surface area contributed by atoms with Crippen molar-refractivity contribution in [3.8, 4) is 28.4 Å². The summed E-state index contributed by atoms with van der Waals surface area (Å²) < 4.78 is 20.7. The van der Waals surface area contributed by atoms with Gasteiger partial charge in [-0.2, -0.15) is 5.10 Å². The van der Waals surface area contributed by atoms with Crippen molar-refractivity contribution in [1.82, 2.24) is 25.1 Å². The van der Waals surface area contributed by atoms with Crippen LogP contribution in [0.3, 0.4) is 0 Å². The minimum Gasteiger partial charge on any atom is -0.494 e. The van der Waals surface area contributed by atoms with Gasteiger partial charge in [0.15, 0.2) is 17.4 Å². The van der Waals surface area contributed by atoms with E-state index in [-0.39, 0.29) is 11.4 Å². The Kier molecular flexibility index (Phi) is 6.37. The van der Waals surface area contributed by atoms with Crippen LogP contribution in [0.1, 0.15) is 29.0 Å². The van der Waals surface area contributed by atoms with E-state index in [9.17, 15) is 9.18 Å². The third-order valence-electron chi connectivity index (χ3n) is 5.09. The molecule has 9 heteroatoms. The second-order valence-electron chi connectivity index (χ2n) is 7.46. The van der Waals surface area contributed by atoms with Gasteiger partial charge in [-0.15, -0.1) is 0 Å². The van der Waals surface area contributed by atoms with Crippen LogP contribution in [0.4, 0.5) is 4.39 Å². The Morgan fingerprint density at radius 2 is 1.88 bits per heavy atom. The summed E-state index contributed by atoms with van der Waals surface area (Å²) in [5, 5.41) is 7.63. The van der Waals surface area contributed by atoms with E-state index in [1.807, 2.05) is 12.1 Å². The average molecular weight is 466 g/mol. The van der Waals surface area contributed by atoms with E-state index in [1.54, 1.807) is 55.3 Å². The van der Waals surface area contributed by atoms with Gasteiger partial charge in [0.1, 0.15) is 5.69 Å². The van der Waals surface area contributed by atoms with Gasteiger partial charge in [-0.05, 0) is 42.8 Å². The van der Waals surface area contributed by atoms with E-state index in [0.29, 0.717) is 27.7 Å². The maximum Gasteiger partial charge on any atom is 0.270 e. The van der Waals surface area contributed by atoms with Gasteiger partial charge < -0.3 is 10.1 Å². The molecule has 0 unspecified atom stereocenters. The number of carbonyl (C=O) groups is 1. The smallest absolute Gasteiger partial charge is 0.270 e. The zero-order valence-corrected chi connectivity index (χ0v) is 19.0. The maximum absolute atomic E-state index is 14.1. The molecule has 0 aliphatic rings. The van der Waals surface area contributed by atoms with E-state index < -0.39 is 17.8 Å². The predicted molar refractivity (Wildman–Crippen MR) is 124 cm³/mol. The van der Waals surface area contributed by atoms with Crippen LogP contribution < -0.4 is 10.1 Å². The second-order valence-corrected chi connectivity index (χ2v) is 7.90. The largest absolute Gasteiger partial charge is 0.494 e. The van der Waals surface area contributed by atoms with Gasteiger partial charge in [0.05, 0.1) is 30.6 Å². The molecule has 0 spiro atoms. The number of aromatic nitrogens is 4. The van der Waals surface area contributed by atoms with Crippen molar-refractivity contribution in [1.29, 1.82) is 0 Å². The highest BCUT2D eigenvalue weighted by atomic mass is 35.5. The first kappa shape index (κ1) is 22.4. The number of benzene rings is 2. The molecule has 168 valence electrons. The molecule has 2 aromatic carbocycles.